The Hall–Kier alpha value is -0.0800. The SMILES string of the molecule is CCc1ccc(C(Br)=CBr)cc1. The summed E-state index contributed by atoms with van der Waals surface area (Å²) in [6.07, 6.45) is 1.09. The molecule has 0 bridgehead atoms. The smallest absolute Gasteiger partial charge is 0.0316 e. The fourth-order valence-corrected chi connectivity index (χ4v) is 1.49. The number of hydrogen-bond donors (Lipinski definition) is 0. The average Bonchev–Trinajstić information content (AvgIpc) is 2.17. The van der Waals surface area contributed by atoms with Crippen molar-refractivity contribution >= 4 is 36.3 Å². The monoisotopic (exact) mass is 288 g/mol. The molecule has 0 saturated carbocycles. The molecule has 0 aliphatic heterocycles. The van der Waals surface area contributed by atoms with Crippen LogP contribution in [0.5, 0.6) is 0 Å². The van der Waals surface area contributed by atoms with E-state index < -0.39 is 0 Å². The summed E-state index contributed by atoms with van der Waals surface area (Å²) in [5.74, 6) is 0. The van der Waals surface area contributed by atoms with Crippen LogP contribution in [0.25, 0.3) is 4.48 Å². The molecule has 0 spiro atoms. The van der Waals surface area contributed by atoms with Crippen molar-refractivity contribution in [1.82, 2.24) is 0 Å². The first-order chi connectivity index (χ1) is 5.77. The molecule has 12 heavy (non-hydrogen) atoms. The van der Waals surface area contributed by atoms with E-state index in [-0.39, 0.29) is 0 Å². The van der Waals surface area contributed by atoms with Crippen LogP contribution in [0.15, 0.2) is 29.3 Å². The van der Waals surface area contributed by atoms with Crippen molar-refractivity contribution in [3.63, 3.8) is 0 Å². The summed E-state index contributed by atoms with van der Waals surface area (Å²) in [6, 6.07) is 8.52. The van der Waals surface area contributed by atoms with Crippen LogP contribution in [0, 0.1) is 0 Å². The Bertz CT molecular complexity index is 272. The molecule has 1 aromatic carbocycles. The van der Waals surface area contributed by atoms with Gasteiger partial charge in [-0.25, -0.2) is 0 Å². The fraction of sp³-hybridized carbons (Fsp3) is 0.200. The quantitative estimate of drug-likeness (QED) is 0.760. The number of benzene rings is 1. The molecule has 64 valence electrons. The first-order valence-corrected chi connectivity index (χ1v) is 5.54. The molecule has 0 saturated heterocycles. The summed E-state index contributed by atoms with van der Waals surface area (Å²) in [6.45, 7) is 2.16. The van der Waals surface area contributed by atoms with E-state index in [9.17, 15) is 0 Å². The largest absolute Gasteiger partial charge is 0.0613 e. The van der Waals surface area contributed by atoms with Gasteiger partial charge in [-0.3, -0.25) is 0 Å². The van der Waals surface area contributed by atoms with E-state index in [1.54, 1.807) is 0 Å². The molecule has 0 nitrogen and oxygen atoms in total. The molecule has 0 radical (unpaired) electrons. The third-order valence-corrected chi connectivity index (χ3v) is 3.49. The molecule has 0 aliphatic rings. The second-order valence-corrected chi connectivity index (χ2v) is 3.82. The molecule has 1 aromatic rings. The Morgan fingerprint density at radius 1 is 1.33 bits per heavy atom. The standard InChI is InChI=1S/C10H10Br2/c1-2-8-3-5-9(6-4-8)10(12)7-11/h3-7H,2H2,1H3. The van der Waals surface area contributed by atoms with E-state index in [0.29, 0.717) is 0 Å². The summed E-state index contributed by atoms with van der Waals surface area (Å²) >= 11 is 6.72. The Morgan fingerprint density at radius 3 is 2.33 bits per heavy atom. The van der Waals surface area contributed by atoms with Crippen LogP contribution in [0.2, 0.25) is 0 Å². The maximum Gasteiger partial charge on any atom is 0.0316 e. The highest BCUT2D eigenvalue weighted by atomic mass is 79.9. The van der Waals surface area contributed by atoms with Crippen molar-refractivity contribution in [3.05, 3.63) is 40.4 Å². The van der Waals surface area contributed by atoms with Crippen LogP contribution in [-0.4, -0.2) is 0 Å². The number of halogens is 2. The molecule has 0 aliphatic carbocycles. The van der Waals surface area contributed by atoms with Gasteiger partial charge in [0, 0.05) is 4.48 Å². The van der Waals surface area contributed by atoms with Gasteiger partial charge in [-0.15, -0.1) is 0 Å². The molecule has 2 heteroatoms. The summed E-state index contributed by atoms with van der Waals surface area (Å²) in [4.78, 5) is 1.87. The van der Waals surface area contributed by atoms with Crippen molar-refractivity contribution in [2.75, 3.05) is 0 Å². The third-order valence-electron chi connectivity index (χ3n) is 1.73. The van der Waals surface area contributed by atoms with Gasteiger partial charge in [-0.05, 0) is 38.5 Å². The maximum absolute atomic E-state index is 3.45. The molecule has 0 heterocycles. The van der Waals surface area contributed by atoms with E-state index >= 15 is 0 Å². The molecule has 0 amide bonds. The lowest BCUT2D eigenvalue weighted by atomic mass is 10.1. The molecule has 0 atom stereocenters. The lowest BCUT2D eigenvalue weighted by molar-refractivity contribution is 1.14. The first kappa shape index (κ1) is 10.0. The van der Waals surface area contributed by atoms with Crippen molar-refractivity contribution in [2.45, 2.75) is 13.3 Å². The van der Waals surface area contributed by atoms with E-state index in [4.69, 9.17) is 0 Å². The van der Waals surface area contributed by atoms with E-state index in [1.165, 1.54) is 11.1 Å². The average molecular weight is 290 g/mol. The first-order valence-electron chi connectivity index (χ1n) is 3.83. The minimum Gasteiger partial charge on any atom is -0.0613 e. The maximum atomic E-state index is 3.45. The van der Waals surface area contributed by atoms with Crippen LogP contribution in [0.1, 0.15) is 18.1 Å². The van der Waals surface area contributed by atoms with Gasteiger partial charge in [-0.1, -0.05) is 47.1 Å². The summed E-state index contributed by atoms with van der Waals surface area (Å²) in [7, 11) is 0. The van der Waals surface area contributed by atoms with Gasteiger partial charge >= 0.3 is 0 Å². The zero-order valence-electron chi connectivity index (χ0n) is 6.85. The highest BCUT2D eigenvalue weighted by Gasteiger charge is 1.95. The zero-order valence-corrected chi connectivity index (χ0v) is 10.0. The predicted molar refractivity (Wildman–Crippen MR) is 61.7 cm³/mol. The minimum atomic E-state index is 1.07. The van der Waals surface area contributed by atoms with E-state index in [2.05, 4.69) is 63.0 Å². The highest BCUT2D eigenvalue weighted by Crippen LogP contribution is 2.22. The van der Waals surface area contributed by atoms with Crippen molar-refractivity contribution in [3.8, 4) is 0 Å². The Kier molecular flexibility index (Phi) is 4.02. The number of aryl methyl sites for hydroxylation is 1. The predicted octanol–water partition coefficient (Wildman–Crippen LogP) is 4.34. The van der Waals surface area contributed by atoms with Gasteiger partial charge in [0.25, 0.3) is 0 Å². The normalized spacial score (nSPS) is 11.8. The number of hydrogen-bond acceptors (Lipinski definition) is 0. The van der Waals surface area contributed by atoms with Crippen molar-refractivity contribution in [1.29, 1.82) is 0 Å². The van der Waals surface area contributed by atoms with Crippen LogP contribution in [0.4, 0.5) is 0 Å². The Balaban J connectivity index is 2.92. The topological polar surface area (TPSA) is 0 Å². The second-order valence-electron chi connectivity index (χ2n) is 2.51. The molecule has 0 aromatic heterocycles. The molecule has 0 fully saturated rings. The fourth-order valence-electron chi connectivity index (χ4n) is 0.963. The molecular formula is C10H10Br2. The van der Waals surface area contributed by atoms with Gasteiger partial charge in [0.2, 0.25) is 0 Å². The summed E-state index contributed by atoms with van der Waals surface area (Å²) in [5.41, 5.74) is 2.57. The Labute approximate surface area is 89.9 Å². The lowest BCUT2D eigenvalue weighted by Gasteiger charge is -1.99. The second kappa shape index (κ2) is 4.83. The Morgan fingerprint density at radius 2 is 1.92 bits per heavy atom. The number of rotatable bonds is 2. The van der Waals surface area contributed by atoms with Crippen molar-refractivity contribution < 1.29 is 0 Å². The van der Waals surface area contributed by atoms with Crippen LogP contribution < -0.4 is 0 Å². The highest BCUT2D eigenvalue weighted by molar-refractivity contribution is 9.16. The summed E-state index contributed by atoms with van der Waals surface area (Å²) < 4.78 is 1.07. The van der Waals surface area contributed by atoms with E-state index in [0.717, 1.165) is 10.9 Å². The van der Waals surface area contributed by atoms with Gasteiger partial charge in [0.05, 0.1) is 0 Å². The van der Waals surface area contributed by atoms with Gasteiger partial charge in [0.15, 0.2) is 0 Å². The van der Waals surface area contributed by atoms with Gasteiger partial charge < -0.3 is 0 Å². The van der Waals surface area contributed by atoms with Gasteiger partial charge in [0.1, 0.15) is 0 Å². The zero-order chi connectivity index (χ0) is 8.97. The van der Waals surface area contributed by atoms with Crippen LogP contribution in [0.3, 0.4) is 0 Å². The van der Waals surface area contributed by atoms with Gasteiger partial charge in [-0.2, -0.15) is 0 Å². The molecule has 0 N–H and O–H groups in total. The third kappa shape index (κ3) is 2.46. The molecule has 1 rings (SSSR count). The van der Waals surface area contributed by atoms with Crippen LogP contribution in [-0.2, 0) is 6.42 Å². The minimum absolute atomic E-state index is 1.07. The molecule has 0 unspecified atom stereocenters. The molecular weight excluding hydrogens is 280 g/mol. The van der Waals surface area contributed by atoms with Crippen LogP contribution >= 0.6 is 31.9 Å². The lowest BCUT2D eigenvalue weighted by Crippen LogP contribution is -1.80. The summed E-state index contributed by atoms with van der Waals surface area (Å²) in [5, 5.41) is 0. The van der Waals surface area contributed by atoms with Crippen molar-refractivity contribution in [2.24, 2.45) is 0 Å². The van der Waals surface area contributed by atoms with E-state index in [1.807, 2.05) is 4.99 Å².